The molecule has 0 amide bonds. The first-order valence-corrected chi connectivity index (χ1v) is 20.2. The van der Waals surface area contributed by atoms with Crippen LogP contribution in [-0.2, 0) is 4.74 Å². The van der Waals surface area contributed by atoms with E-state index in [2.05, 4.69) is 0 Å². The maximum Gasteiger partial charge on any atom is 0.229 e. The Hall–Kier alpha value is -6.72. The van der Waals surface area contributed by atoms with Crippen molar-refractivity contribution in [2.45, 2.75) is 66.6 Å². The number of ether oxygens (including phenoxy) is 3. The molecule has 326 valence electrons. The Kier molecular flexibility index (Phi) is 10.7. The second-order valence-electron chi connectivity index (χ2n) is 16.3. The van der Waals surface area contributed by atoms with Gasteiger partial charge in [-0.1, -0.05) is 36.4 Å². The molecule has 0 saturated carbocycles. The summed E-state index contributed by atoms with van der Waals surface area (Å²) in [7, 11) is 0. The minimum atomic E-state index is -1.68. The molecule has 1 unspecified atom stereocenters. The van der Waals surface area contributed by atoms with E-state index in [0.717, 1.165) is 0 Å². The molecule has 0 bridgehead atoms. The molecule has 3 aliphatic rings. The number of fused-ring (bicyclic) bond motifs is 2. The number of phenols is 7. The van der Waals surface area contributed by atoms with Gasteiger partial charge in [-0.15, -0.1) is 0 Å². The van der Waals surface area contributed by atoms with Gasteiger partial charge in [0.05, 0.1) is 18.6 Å². The van der Waals surface area contributed by atoms with Gasteiger partial charge in [0, 0.05) is 47.1 Å². The Labute approximate surface area is 359 Å². The number of aliphatic hydroxyl groups is 5. The van der Waals surface area contributed by atoms with Gasteiger partial charge in [0.2, 0.25) is 6.29 Å². The van der Waals surface area contributed by atoms with Crippen molar-refractivity contribution < 1.29 is 75.5 Å². The van der Waals surface area contributed by atoms with E-state index in [1.165, 1.54) is 66.7 Å². The number of benzene rings is 6. The molecule has 2 aliphatic heterocycles. The van der Waals surface area contributed by atoms with Crippen LogP contribution in [0, 0.1) is 0 Å². The van der Waals surface area contributed by atoms with Crippen molar-refractivity contribution in [3.63, 3.8) is 0 Å². The highest BCUT2D eigenvalue weighted by molar-refractivity contribution is 5.65. The van der Waals surface area contributed by atoms with E-state index in [1.807, 2.05) is 0 Å². The van der Waals surface area contributed by atoms with Gasteiger partial charge in [0.1, 0.15) is 82.3 Å². The van der Waals surface area contributed by atoms with Gasteiger partial charge in [0.15, 0.2) is 0 Å². The Morgan fingerprint density at radius 1 is 0.540 bits per heavy atom. The lowest BCUT2D eigenvalue weighted by Crippen LogP contribution is -2.60. The number of aromatic hydroxyl groups is 7. The molecule has 1 aliphatic carbocycles. The Balaban J connectivity index is 1.24. The lowest BCUT2D eigenvalue weighted by molar-refractivity contribution is -0.277. The van der Waals surface area contributed by atoms with E-state index in [-0.39, 0.29) is 51.7 Å². The number of phenolic OH excluding ortho intramolecular Hbond substituents is 7. The molecule has 0 radical (unpaired) electrons. The van der Waals surface area contributed by atoms with Crippen molar-refractivity contribution in [2.75, 3.05) is 6.61 Å². The molecule has 2 heterocycles. The highest BCUT2D eigenvalue weighted by atomic mass is 16.7. The lowest BCUT2D eigenvalue weighted by Gasteiger charge is -2.39. The molecule has 6 aromatic carbocycles. The topological polar surface area (TPSA) is 270 Å². The van der Waals surface area contributed by atoms with E-state index in [4.69, 9.17) is 14.2 Å². The summed E-state index contributed by atoms with van der Waals surface area (Å²) >= 11 is 0. The number of hydrogen-bond acceptors (Lipinski definition) is 15. The fourth-order valence-electron chi connectivity index (χ4n) is 9.64. The summed E-state index contributed by atoms with van der Waals surface area (Å²) in [6.45, 7) is -0.657. The van der Waals surface area contributed by atoms with Crippen LogP contribution in [0.3, 0.4) is 0 Å². The van der Waals surface area contributed by atoms with Crippen LogP contribution in [0.2, 0.25) is 0 Å². The van der Waals surface area contributed by atoms with Gasteiger partial charge >= 0.3 is 0 Å². The minimum absolute atomic E-state index is 0.00411. The summed E-state index contributed by atoms with van der Waals surface area (Å²) in [6, 6.07) is 28.4. The van der Waals surface area contributed by atoms with Gasteiger partial charge in [-0.05, 0) is 94.0 Å². The molecule has 15 heteroatoms. The summed E-state index contributed by atoms with van der Waals surface area (Å²) in [5.74, 6) is -4.50. The van der Waals surface area contributed by atoms with Crippen LogP contribution < -0.4 is 9.47 Å². The van der Waals surface area contributed by atoms with E-state index in [1.54, 1.807) is 48.5 Å². The largest absolute Gasteiger partial charge is 0.508 e. The van der Waals surface area contributed by atoms with Crippen molar-refractivity contribution in [1.82, 2.24) is 0 Å². The number of aliphatic hydroxyl groups excluding tert-OH is 5. The third-order valence-electron chi connectivity index (χ3n) is 12.4. The van der Waals surface area contributed by atoms with Crippen molar-refractivity contribution >= 4 is 0 Å². The summed E-state index contributed by atoms with van der Waals surface area (Å²) in [6.07, 6.45) is -9.86. The molecule has 11 atom stereocenters. The normalized spacial score (nSPS) is 26.7. The van der Waals surface area contributed by atoms with Gasteiger partial charge in [-0.2, -0.15) is 0 Å². The summed E-state index contributed by atoms with van der Waals surface area (Å²) < 4.78 is 18.1. The first-order chi connectivity index (χ1) is 30.2. The smallest absolute Gasteiger partial charge is 0.229 e. The Morgan fingerprint density at radius 3 is 1.78 bits per heavy atom. The van der Waals surface area contributed by atoms with Crippen molar-refractivity contribution in [3.8, 4) is 51.7 Å². The third-order valence-corrected chi connectivity index (χ3v) is 12.4. The molecule has 6 aromatic rings. The highest BCUT2D eigenvalue weighted by Crippen LogP contribution is 2.65. The second-order valence-corrected chi connectivity index (χ2v) is 16.3. The molecule has 1 saturated heterocycles. The second kappa shape index (κ2) is 16.2. The molecule has 63 heavy (non-hydrogen) atoms. The average Bonchev–Trinajstić information content (AvgIpc) is 3.80. The standard InChI is InChI=1S/C48H44O15/c49-20-36-44(58)45(59)46(60)48(63-36)61-31-11-5-21(6-12-31)37-39-32(16-29(54)18-34(39)56)42(43(57)22-1-7-25(50)8-2-22)41(37)33-17-30(55)19-35-40(33)38(24-13-27(52)15-28(53)14-24)47(62-35)23-3-9-26(51)10-4-23/h1-19,36-38,41-60H,20H2/t36-,37+,38+,41?,42+,43-,44-,45+,46-,47-,48-/m1/s1. The zero-order valence-corrected chi connectivity index (χ0v) is 33.1. The summed E-state index contributed by atoms with van der Waals surface area (Å²) in [5, 5.41) is 130. The van der Waals surface area contributed by atoms with Crippen molar-refractivity contribution in [3.05, 3.63) is 160 Å². The predicted molar refractivity (Wildman–Crippen MR) is 222 cm³/mol. The van der Waals surface area contributed by atoms with Crippen LogP contribution >= 0.6 is 0 Å². The van der Waals surface area contributed by atoms with Gasteiger partial charge < -0.3 is 75.5 Å². The monoisotopic (exact) mass is 860 g/mol. The summed E-state index contributed by atoms with van der Waals surface area (Å²) in [5.41, 5.74) is 3.59. The zero-order chi connectivity index (χ0) is 44.4. The van der Waals surface area contributed by atoms with Crippen LogP contribution in [0.1, 0.15) is 80.4 Å². The van der Waals surface area contributed by atoms with Crippen LogP contribution in [-0.4, -0.2) is 98.6 Å². The van der Waals surface area contributed by atoms with Crippen LogP contribution in [0.4, 0.5) is 0 Å². The van der Waals surface area contributed by atoms with Gasteiger partial charge in [-0.25, -0.2) is 0 Å². The van der Waals surface area contributed by atoms with Crippen LogP contribution in [0.15, 0.2) is 115 Å². The van der Waals surface area contributed by atoms with Crippen LogP contribution in [0.5, 0.6) is 51.7 Å². The molecule has 12 N–H and O–H groups in total. The zero-order valence-electron chi connectivity index (χ0n) is 33.1. The maximum atomic E-state index is 12.6. The van der Waals surface area contributed by atoms with Gasteiger partial charge in [-0.3, -0.25) is 0 Å². The SMILES string of the molecule is OC[C@H]1O[C@@H](Oc2ccc([C@H]3c4c(O)cc(O)cc4[C@H]([C@H](O)c4ccc(O)cc4)C3c3cc(O)cc4c3[C@H](c3cc(O)cc(O)c3)[C@@H](c3ccc(O)cc3)O4)cc2)[C@H](O)[C@@H](O)[C@@H]1O. The van der Waals surface area contributed by atoms with Crippen molar-refractivity contribution in [1.29, 1.82) is 0 Å². The fourth-order valence-corrected chi connectivity index (χ4v) is 9.64. The fraction of sp³-hybridized carbons (Fsp3) is 0.250. The molecule has 9 rings (SSSR count). The first kappa shape index (κ1) is 41.6. The maximum absolute atomic E-state index is 12.6. The number of hydrogen-bond donors (Lipinski definition) is 12. The summed E-state index contributed by atoms with van der Waals surface area (Å²) in [4.78, 5) is 0. The molecule has 0 aromatic heterocycles. The van der Waals surface area contributed by atoms with Gasteiger partial charge in [0.25, 0.3) is 0 Å². The van der Waals surface area contributed by atoms with Crippen LogP contribution in [0.25, 0.3) is 0 Å². The van der Waals surface area contributed by atoms with E-state index in [9.17, 15) is 61.3 Å². The first-order valence-electron chi connectivity index (χ1n) is 20.2. The van der Waals surface area contributed by atoms with Crippen molar-refractivity contribution in [2.24, 2.45) is 0 Å². The quantitative estimate of drug-likeness (QED) is 0.0930. The Bertz CT molecular complexity index is 2610. The molecule has 1 fully saturated rings. The third kappa shape index (κ3) is 7.44. The molecule has 0 spiro atoms. The van der Waals surface area contributed by atoms with E-state index >= 15 is 0 Å². The highest BCUT2D eigenvalue weighted by Gasteiger charge is 2.51. The average molecular weight is 861 g/mol. The molecular weight excluding hydrogens is 817 g/mol. The van der Waals surface area contributed by atoms with E-state index in [0.29, 0.717) is 44.5 Å². The van der Waals surface area contributed by atoms with E-state index < -0.39 is 73.2 Å². The lowest BCUT2D eigenvalue weighted by atomic mass is 9.71. The number of rotatable bonds is 9. The predicted octanol–water partition coefficient (Wildman–Crippen LogP) is 4.82. The molecular formula is C48H44O15. The molecule has 15 nitrogen and oxygen atoms in total. The minimum Gasteiger partial charge on any atom is -0.508 e. The Morgan fingerprint density at radius 2 is 1.13 bits per heavy atom.